The van der Waals surface area contributed by atoms with Gasteiger partial charge in [0.05, 0.1) is 0 Å². The summed E-state index contributed by atoms with van der Waals surface area (Å²) in [5.74, 6) is -0.481. The number of hydrogen-bond acceptors (Lipinski definition) is 1. The molecule has 0 bridgehead atoms. The summed E-state index contributed by atoms with van der Waals surface area (Å²) in [6, 6.07) is 4.28. The molecule has 1 N–H and O–H groups in total. The summed E-state index contributed by atoms with van der Waals surface area (Å²) in [5, 5.41) is 3.13. The minimum absolute atomic E-state index is 0.119. The van der Waals surface area contributed by atoms with Gasteiger partial charge in [0.15, 0.2) is 0 Å². The lowest BCUT2D eigenvalue weighted by atomic mass is 9.95. The van der Waals surface area contributed by atoms with E-state index in [1.165, 1.54) is 18.2 Å². The molecule has 88 valence electrons. The lowest BCUT2D eigenvalue weighted by molar-refractivity contribution is -0.128. The minimum Gasteiger partial charge on any atom is -0.351 e. The molecule has 0 aromatic heterocycles. The first-order valence-corrected chi connectivity index (χ1v) is 5.41. The molecule has 16 heavy (non-hydrogen) atoms. The van der Waals surface area contributed by atoms with Gasteiger partial charge in [-0.2, -0.15) is 0 Å². The van der Waals surface area contributed by atoms with Gasteiger partial charge in [0.25, 0.3) is 0 Å². The largest absolute Gasteiger partial charge is 0.351 e. The molecule has 0 radical (unpaired) electrons. The standard InChI is InChI=1S/C12H15ClFNO/c1-12(2,3)11(16)15-7-8-6-9(13)4-5-10(8)14/h4-6H,7H2,1-3H3,(H,15,16). The van der Waals surface area contributed by atoms with Crippen molar-refractivity contribution in [2.45, 2.75) is 27.3 Å². The van der Waals surface area contributed by atoms with Crippen molar-refractivity contribution >= 4 is 17.5 Å². The van der Waals surface area contributed by atoms with Crippen LogP contribution in [0.2, 0.25) is 5.02 Å². The predicted molar refractivity (Wildman–Crippen MR) is 62.7 cm³/mol. The van der Waals surface area contributed by atoms with Crippen molar-refractivity contribution in [3.05, 3.63) is 34.6 Å². The van der Waals surface area contributed by atoms with Crippen LogP contribution in [0.1, 0.15) is 26.3 Å². The second-order valence-electron chi connectivity index (χ2n) is 4.67. The summed E-state index contributed by atoms with van der Waals surface area (Å²) in [7, 11) is 0. The molecule has 1 rings (SSSR count). The zero-order valence-corrected chi connectivity index (χ0v) is 10.4. The van der Waals surface area contributed by atoms with Gasteiger partial charge in [-0.3, -0.25) is 4.79 Å². The molecule has 0 spiro atoms. The Balaban J connectivity index is 2.68. The van der Waals surface area contributed by atoms with Gasteiger partial charge >= 0.3 is 0 Å². The molecule has 0 aliphatic heterocycles. The number of halogens is 2. The quantitative estimate of drug-likeness (QED) is 0.850. The van der Waals surface area contributed by atoms with E-state index in [0.717, 1.165) is 0 Å². The first-order chi connectivity index (χ1) is 7.30. The number of benzene rings is 1. The fraction of sp³-hybridized carbons (Fsp3) is 0.417. The molecule has 0 aliphatic carbocycles. The van der Waals surface area contributed by atoms with Gasteiger partial charge < -0.3 is 5.32 Å². The molecule has 0 heterocycles. The highest BCUT2D eigenvalue weighted by Gasteiger charge is 2.20. The number of carbonyl (C=O) groups is 1. The second kappa shape index (κ2) is 4.83. The minimum atomic E-state index is -0.477. The first-order valence-electron chi connectivity index (χ1n) is 5.03. The molecule has 4 heteroatoms. The van der Waals surface area contributed by atoms with E-state index < -0.39 is 5.41 Å². The van der Waals surface area contributed by atoms with Crippen molar-refractivity contribution < 1.29 is 9.18 Å². The van der Waals surface area contributed by atoms with Crippen molar-refractivity contribution in [2.75, 3.05) is 0 Å². The van der Waals surface area contributed by atoms with Crippen LogP contribution in [-0.2, 0) is 11.3 Å². The monoisotopic (exact) mass is 243 g/mol. The van der Waals surface area contributed by atoms with Crippen molar-refractivity contribution in [2.24, 2.45) is 5.41 Å². The number of carbonyl (C=O) groups excluding carboxylic acids is 1. The Morgan fingerprint density at radius 1 is 1.44 bits per heavy atom. The average Bonchev–Trinajstić information content (AvgIpc) is 2.17. The second-order valence-corrected chi connectivity index (χ2v) is 5.10. The number of amides is 1. The summed E-state index contributed by atoms with van der Waals surface area (Å²) in [4.78, 5) is 11.6. The SMILES string of the molecule is CC(C)(C)C(=O)NCc1cc(Cl)ccc1F. The Hall–Kier alpha value is -1.09. The smallest absolute Gasteiger partial charge is 0.225 e. The molecule has 1 amide bonds. The summed E-state index contributed by atoms with van der Waals surface area (Å²) in [6.45, 7) is 5.56. The molecule has 0 atom stereocenters. The topological polar surface area (TPSA) is 29.1 Å². The van der Waals surface area contributed by atoms with Gasteiger partial charge in [0.2, 0.25) is 5.91 Å². The number of hydrogen-bond donors (Lipinski definition) is 1. The lowest BCUT2D eigenvalue weighted by Gasteiger charge is -2.17. The van der Waals surface area contributed by atoms with Crippen LogP contribution in [0.3, 0.4) is 0 Å². The normalized spacial score (nSPS) is 11.3. The Morgan fingerprint density at radius 3 is 2.62 bits per heavy atom. The van der Waals surface area contributed by atoms with Crippen LogP contribution in [0.15, 0.2) is 18.2 Å². The highest BCUT2D eigenvalue weighted by Crippen LogP contribution is 2.16. The van der Waals surface area contributed by atoms with E-state index in [2.05, 4.69) is 5.32 Å². The van der Waals surface area contributed by atoms with E-state index in [1.54, 1.807) is 20.8 Å². The van der Waals surface area contributed by atoms with Crippen LogP contribution in [0.5, 0.6) is 0 Å². The van der Waals surface area contributed by atoms with Gasteiger partial charge in [-0.05, 0) is 18.2 Å². The molecule has 2 nitrogen and oxygen atoms in total. The Bertz CT molecular complexity index is 398. The number of rotatable bonds is 2. The van der Waals surface area contributed by atoms with Crippen LogP contribution < -0.4 is 5.32 Å². The molecular formula is C12H15ClFNO. The van der Waals surface area contributed by atoms with E-state index in [4.69, 9.17) is 11.6 Å². The number of nitrogens with one attached hydrogen (secondary N) is 1. The van der Waals surface area contributed by atoms with Crippen LogP contribution in [-0.4, -0.2) is 5.91 Å². The maximum atomic E-state index is 13.3. The summed E-state index contributed by atoms with van der Waals surface area (Å²) >= 11 is 5.74. The Kier molecular flexibility index (Phi) is 3.92. The zero-order chi connectivity index (χ0) is 12.3. The van der Waals surface area contributed by atoms with Gasteiger partial charge in [-0.1, -0.05) is 32.4 Å². The molecule has 0 saturated heterocycles. The maximum absolute atomic E-state index is 13.3. The van der Waals surface area contributed by atoms with Crippen LogP contribution in [0, 0.1) is 11.2 Å². The van der Waals surface area contributed by atoms with Gasteiger partial charge in [-0.15, -0.1) is 0 Å². The van der Waals surface area contributed by atoms with Gasteiger partial charge in [0, 0.05) is 22.5 Å². The van der Waals surface area contributed by atoms with Gasteiger partial charge in [0.1, 0.15) is 5.82 Å². The molecule has 1 aromatic carbocycles. The van der Waals surface area contributed by atoms with E-state index in [1.807, 2.05) is 0 Å². The van der Waals surface area contributed by atoms with Gasteiger partial charge in [-0.25, -0.2) is 4.39 Å². The Labute approximate surface area is 99.8 Å². The molecule has 0 fully saturated rings. The average molecular weight is 244 g/mol. The third kappa shape index (κ3) is 3.49. The molecule has 0 unspecified atom stereocenters. The highest BCUT2D eigenvalue weighted by molar-refractivity contribution is 6.30. The summed E-state index contributed by atoms with van der Waals surface area (Å²) in [5.41, 5.74) is -0.0835. The molecule has 1 aromatic rings. The highest BCUT2D eigenvalue weighted by atomic mass is 35.5. The van der Waals surface area contributed by atoms with Crippen molar-refractivity contribution in [1.29, 1.82) is 0 Å². The fourth-order valence-electron chi connectivity index (χ4n) is 1.12. The van der Waals surface area contributed by atoms with E-state index >= 15 is 0 Å². The third-order valence-electron chi connectivity index (χ3n) is 2.13. The molecular weight excluding hydrogens is 229 g/mol. The first kappa shape index (κ1) is 13.0. The Morgan fingerprint density at radius 2 is 2.06 bits per heavy atom. The summed E-state index contributed by atoms with van der Waals surface area (Å²) in [6.07, 6.45) is 0. The van der Waals surface area contributed by atoms with Crippen LogP contribution >= 0.6 is 11.6 Å². The van der Waals surface area contributed by atoms with E-state index in [-0.39, 0.29) is 18.3 Å². The maximum Gasteiger partial charge on any atom is 0.225 e. The van der Waals surface area contributed by atoms with Crippen molar-refractivity contribution in [3.8, 4) is 0 Å². The van der Waals surface area contributed by atoms with Crippen molar-refractivity contribution in [3.63, 3.8) is 0 Å². The molecule has 0 aliphatic rings. The van der Waals surface area contributed by atoms with Crippen LogP contribution in [0.25, 0.3) is 0 Å². The zero-order valence-electron chi connectivity index (χ0n) is 9.60. The lowest BCUT2D eigenvalue weighted by Crippen LogP contribution is -2.34. The third-order valence-corrected chi connectivity index (χ3v) is 2.36. The van der Waals surface area contributed by atoms with E-state index in [0.29, 0.717) is 10.6 Å². The predicted octanol–water partition coefficient (Wildman–Crippen LogP) is 3.14. The van der Waals surface area contributed by atoms with E-state index in [9.17, 15) is 9.18 Å². The summed E-state index contributed by atoms with van der Waals surface area (Å²) < 4.78 is 13.3. The molecule has 0 saturated carbocycles. The fourth-order valence-corrected chi connectivity index (χ4v) is 1.31. The van der Waals surface area contributed by atoms with Crippen molar-refractivity contribution in [1.82, 2.24) is 5.32 Å². The van der Waals surface area contributed by atoms with Crippen LogP contribution in [0.4, 0.5) is 4.39 Å².